The first-order chi connectivity index (χ1) is 11.3. The van der Waals surface area contributed by atoms with Gasteiger partial charge in [-0.2, -0.15) is 0 Å². The SMILES string of the molecule is CO[C@H]1O[C@@H](C(O)O)[C@@H]2OC(C)(C)O[C@@H]2[C@@H]1CO[Si](C)(C)C(C)(C)C. The van der Waals surface area contributed by atoms with Crippen LogP contribution in [0.4, 0.5) is 0 Å². The molecule has 0 aromatic rings. The van der Waals surface area contributed by atoms with E-state index in [1.165, 1.54) is 7.11 Å². The lowest BCUT2D eigenvalue weighted by atomic mass is 9.91. The molecular formula is C17H34O7Si. The van der Waals surface area contributed by atoms with Crippen LogP contribution in [0.5, 0.6) is 0 Å². The third-order valence-corrected chi connectivity index (χ3v) is 10.0. The Bertz CT molecular complexity index is 460. The van der Waals surface area contributed by atoms with Gasteiger partial charge in [0.2, 0.25) is 0 Å². The van der Waals surface area contributed by atoms with E-state index in [1.54, 1.807) is 13.8 Å². The fourth-order valence-corrected chi connectivity index (χ4v) is 4.10. The Morgan fingerprint density at radius 1 is 1.12 bits per heavy atom. The number of fused-ring (bicyclic) bond motifs is 1. The highest BCUT2D eigenvalue weighted by Gasteiger charge is 2.57. The highest BCUT2D eigenvalue weighted by atomic mass is 28.4. The summed E-state index contributed by atoms with van der Waals surface area (Å²) in [5.41, 5.74) is 0. The Morgan fingerprint density at radius 2 is 1.68 bits per heavy atom. The van der Waals surface area contributed by atoms with E-state index in [1.807, 2.05) is 0 Å². The second-order valence-corrected chi connectivity index (χ2v) is 13.7. The number of ether oxygens (including phenoxy) is 4. The molecule has 2 aliphatic rings. The van der Waals surface area contributed by atoms with E-state index >= 15 is 0 Å². The van der Waals surface area contributed by atoms with Crippen LogP contribution in [0.2, 0.25) is 18.1 Å². The molecule has 2 heterocycles. The summed E-state index contributed by atoms with van der Waals surface area (Å²) in [6.07, 6.45) is -4.25. The van der Waals surface area contributed by atoms with E-state index in [-0.39, 0.29) is 11.0 Å². The lowest BCUT2D eigenvalue weighted by Crippen LogP contribution is -2.59. The van der Waals surface area contributed by atoms with Crippen LogP contribution < -0.4 is 0 Å². The smallest absolute Gasteiger partial charge is 0.191 e. The van der Waals surface area contributed by atoms with E-state index in [4.69, 9.17) is 23.4 Å². The van der Waals surface area contributed by atoms with Crippen molar-refractivity contribution in [3.63, 3.8) is 0 Å². The Hall–Kier alpha value is -0.0631. The van der Waals surface area contributed by atoms with E-state index in [2.05, 4.69) is 33.9 Å². The average Bonchev–Trinajstić information content (AvgIpc) is 2.77. The average molecular weight is 379 g/mol. The minimum absolute atomic E-state index is 0.0840. The summed E-state index contributed by atoms with van der Waals surface area (Å²) in [6, 6.07) is 0. The molecule has 0 unspecified atom stereocenters. The number of rotatable bonds is 5. The van der Waals surface area contributed by atoms with E-state index in [0.29, 0.717) is 6.61 Å². The molecule has 0 saturated carbocycles. The van der Waals surface area contributed by atoms with Crippen molar-refractivity contribution in [1.82, 2.24) is 0 Å². The first kappa shape index (κ1) is 21.2. The van der Waals surface area contributed by atoms with E-state index in [9.17, 15) is 10.2 Å². The van der Waals surface area contributed by atoms with Gasteiger partial charge in [-0.3, -0.25) is 0 Å². The van der Waals surface area contributed by atoms with Gasteiger partial charge in [0.1, 0.15) is 12.2 Å². The van der Waals surface area contributed by atoms with Crippen LogP contribution in [-0.4, -0.2) is 68.9 Å². The predicted molar refractivity (Wildman–Crippen MR) is 94.4 cm³/mol. The van der Waals surface area contributed by atoms with Crippen molar-refractivity contribution in [3.05, 3.63) is 0 Å². The third-order valence-electron chi connectivity index (χ3n) is 5.52. The first-order valence-electron chi connectivity index (χ1n) is 8.83. The molecule has 2 fully saturated rings. The zero-order valence-electron chi connectivity index (χ0n) is 16.6. The van der Waals surface area contributed by atoms with Gasteiger partial charge in [0.15, 0.2) is 26.7 Å². The molecule has 2 aliphatic heterocycles. The van der Waals surface area contributed by atoms with Crippen molar-refractivity contribution < 1.29 is 33.6 Å². The second-order valence-electron chi connectivity index (χ2n) is 8.92. The Labute approximate surface area is 151 Å². The quantitative estimate of drug-likeness (QED) is 0.557. The molecule has 0 bridgehead atoms. The predicted octanol–water partition coefficient (Wildman–Crippen LogP) is 1.83. The molecule has 0 spiro atoms. The van der Waals surface area contributed by atoms with E-state index < -0.39 is 45.0 Å². The summed E-state index contributed by atoms with van der Waals surface area (Å²) >= 11 is 0. The highest BCUT2D eigenvalue weighted by Crippen LogP contribution is 2.43. The van der Waals surface area contributed by atoms with Crippen molar-refractivity contribution in [1.29, 1.82) is 0 Å². The molecule has 148 valence electrons. The molecule has 0 radical (unpaired) electrons. The van der Waals surface area contributed by atoms with Crippen LogP contribution in [-0.2, 0) is 23.4 Å². The minimum Gasteiger partial charge on any atom is -0.416 e. The maximum absolute atomic E-state index is 9.67. The molecular weight excluding hydrogens is 344 g/mol. The molecule has 2 saturated heterocycles. The number of aliphatic hydroxyl groups is 2. The number of methoxy groups -OCH3 is 1. The standard InChI is InChI=1S/C17H34O7Si/c1-16(2,3)25(7,8)21-9-10-11-12(24-17(4,5)23-11)13(14(18)19)22-15(10)20-6/h10-15,18-19H,9H2,1-8H3/t10-,11+,12+,13+,15-/m0/s1. The molecule has 7 nitrogen and oxygen atoms in total. The summed E-state index contributed by atoms with van der Waals surface area (Å²) in [7, 11) is -0.422. The van der Waals surface area contributed by atoms with Crippen LogP contribution in [0.1, 0.15) is 34.6 Å². The fraction of sp³-hybridized carbons (Fsp3) is 1.00. The van der Waals surface area contributed by atoms with Gasteiger partial charge >= 0.3 is 0 Å². The molecule has 0 aliphatic carbocycles. The number of hydrogen-bond donors (Lipinski definition) is 2. The Morgan fingerprint density at radius 3 is 2.16 bits per heavy atom. The van der Waals surface area contributed by atoms with Crippen molar-refractivity contribution in [2.45, 2.75) is 89.4 Å². The van der Waals surface area contributed by atoms with Crippen LogP contribution >= 0.6 is 0 Å². The molecule has 25 heavy (non-hydrogen) atoms. The van der Waals surface area contributed by atoms with Crippen molar-refractivity contribution in [2.75, 3.05) is 13.7 Å². The van der Waals surface area contributed by atoms with Crippen LogP contribution in [0.15, 0.2) is 0 Å². The van der Waals surface area contributed by atoms with Crippen LogP contribution in [0.3, 0.4) is 0 Å². The normalized spacial score (nSPS) is 35.9. The summed E-state index contributed by atoms with van der Waals surface area (Å²) in [5, 5.41) is 19.4. The molecule has 0 aromatic carbocycles. The maximum Gasteiger partial charge on any atom is 0.191 e. The molecule has 2 N–H and O–H groups in total. The van der Waals surface area contributed by atoms with Crippen molar-refractivity contribution >= 4 is 8.32 Å². The molecule has 5 atom stereocenters. The maximum atomic E-state index is 9.67. The number of hydrogen-bond acceptors (Lipinski definition) is 7. The zero-order valence-corrected chi connectivity index (χ0v) is 17.6. The van der Waals surface area contributed by atoms with Gasteiger partial charge in [-0.15, -0.1) is 0 Å². The van der Waals surface area contributed by atoms with Crippen molar-refractivity contribution in [2.24, 2.45) is 5.92 Å². The molecule has 2 rings (SSSR count). The summed E-state index contributed by atoms with van der Waals surface area (Å²) in [6.45, 7) is 14.9. The Balaban J connectivity index is 2.21. The largest absolute Gasteiger partial charge is 0.416 e. The molecule has 0 amide bonds. The summed E-state index contributed by atoms with van der Waals surface area (Å²) in [5.74, 6) is -1.05. The van der Waals surface area contributed by atoms with Gasteiger partial charge in [-0.05, 0) is 32.0 Å². The lowest BCUT2D eigenvalue weighted by Gasteiger charge is -2.44. The van der Waals surface area contributed by atoms with Gasteiger partial charge in [0.25, 0.3) is 0 Å². The summed E-state index contributed by atoms with van der Waals surface area (Å²) < 4.78 is 29.5. The number of aliphatic hydroxyl groups excluding tert-OH is 1. The lowest BCUT2D eigenvalue weighted by molar-refractivity contribution is -0.297. The zero-order chi connectivity index (χ0) is 19.2. The molecule has 0 aromatic heterocycles. The Kier molecular flexibility index (Phi) is 6.08. The fourth-order valence-electron chi connectivity index (χ4n) is 3.06. The second kappa shape index (κ2) is 7.16. The van der Waals surface area contributed by atoms with Crippen LogP contribution in [0.25, 0.3) is 0 Å². The van der Waals surface area contributed by atoms with Gasteiger partial charge in [0, 0.05) is 13.7 Å². The monoisotopic (exact) mass is 378 g/mol. The van der Waals surface area contributed by atoms with Crippen LogP contribution in [0, 0.1) is 5.92 Å². The first-order valence-corrected chi connectivity index (χ1v) is 11.7. The van der Waals surface area contributed by atoms with Gasteiger partial charge in [0.05, 0.1) is 12.0 Å². The highest BCUT2D eigenvalue weighted by molar-refractivity contribution is 6.74. The van der Waals surface area contributed by atoms with Gasteiger partial charge in [-0.1, -0.05) is 20.8 Å². The minimum atomic E-state index is -1.96. The van der Waals surface area contributed by atoms with E-state index in [0.717, 1.165) is 0 Å². The van der Waals surface area contributed by atoms with Gasteiger partial charge < -0.3 is 33.6 Å². The third kappa shape index (κ3) is 4.44. The molecule has 8 heteroatoms. The topological polar surface area (TPSA) is 86.6 Å². The van der Waals surface area contributed by atoms with Gasteiger partial charge in [-0.25, -0.2) is 0 Å². The van der Waals surface area contributed by atoms with Crippen molar-refractivity contribution in [3.8, 4) is 0 Å². The summed E-state index contributed by atoms with van der Waals surface area (Å²) in [4.78, 5) is 0.